The molecule has 3 atom stereocenters. The quantitative estimate of drug-likeness (QED) is 0.782. The molecule has 0 saturated carbocycles. The molecule has 98 valence electrons. The highest BCUT2D eigenvalue weighted by molar-refractivity contribution is 5.24. The number of nitrogens with one attached hydrogen (secondary N) is 1. The topological polar surface area (TPSA) is 32.3 Å². The first-order valence-electron chi connectivity index (χ1n) is 6.84. The Morgan fingerprint density at radius 1 is 1.28 bits per heavy atom. The van der Waals surface area contributed by atoms with Gasteiger partial charge in [-0.05, 0) is 25.3 Å². The van der Waals surface area contributed by atoms with Gasteiger partial charge in [0.1, 0.15) is 0 Å². The van der Waals surface area contributed by atoms with Crippen molar-refractivity contribution in [2.45, 2.75) is 38.8 Å². The minimum absolute atomic E-state index is 0.260. The highest BCUT2D eigenvalue weighted by Gasteiger charge is 2.20. The average Bonchev–Trinajstić information content (AvgIpc) is 2.85. The van der Waals surface area contributed by atoms with E-state index in [0.717, 1.165) is 12.8 Å². The Hall–Kier alpha value is -1.12. The molecule has 0 bridgehead atoms. The molecule has 2 heteroatoms. The van der Waals surface area contributed by atoms with Gasteiger partial charge >= 0.3 is 0 Å². The van der Waals surface area contributed by atoms with E-state index in [1.807, 2.05) is 0 Å². The molecule has 0 saturated heterocycles. The second-order valence-electron chi connectivity index (χ2n) is 5.21. The van der Waals surface area contributed by atoms with E-state index in [9.17, 15) is 0 Å². The number of hydrogen-bond donors (Lipinski definition) is 2. The Labute approximate surface area is 110 Å². The van der Waals surface area contributed by atoms with Gasteiger partial charge in [-0.15, -0.1) is 0 Å². The van der Waals surface area contributed by atoms with Crippen molar-refractivity contribution in [3.63, 3.8) is 0 Å². The van der Waals surface area contributed by atoms with Gasteiger partial charge in [0, 0.05) is 24.6 Å². The predicted octanol–water partition coefficient (Wildman–Crippen LogP) is 2.97. The van der Waals surface area contributed by atoms with Crippen LogP contribution in [0.5, 0.6) is 0 Å². The summed E-state index contributed by atoms with van der Waals surface area (Å²) in [6.07, 6.45) is 6.41. The van der Waals surface area contributed by atoms with Gasteiger partial charge in [0.15, 0.2) is 0 Å². The summed E-state index contributed by atoms with van der Waals surface area (Å²) in [4.78, 5) is 0. The van der Waals surface area contributed by atoms with Crippen LogP contribution in [0, 0.1) is 12.8 Å². The van der Waals surface area contributed by atoms with Crippen LogP contribution in [0.25, 0.3) is 0 Å². The summed E-state index contributed by atoms with van der Waals surface area (Å²) in [5, 5.41) is 12.8. The molecule has 1 aromatic carbocycles. The third-order valence-electron chi connectivity index (χ3n) is 3.71. The first-order chi connectivity index (χ1) is 8.72. The second kappa shape index (κ2) is 6.17. The molecule has 0 radical (unpaired) electrons. The molecular weight excluding hydrogens is 222 g/mol. The zero-order valence-corrected chi connectivity index (χ0v) is 11.3. The van der Waals surface area contributed by atoms with Crippen LogP contribution in [-0.2, 0) is 0 Å². The summed E-state index contributed by atoms with van der Waals surface area (Å²) >= 11 is 0. The van der Waals surface area contributed by atoms with Crippen molar-refractivity contribution in [2.24, 2.45) is 5.92 Å². The van der Waals surface area contributed by atoms with Gasteiger partial charge < -0.3 is 10.4 Å². The van der Waals surface area contributed by atoms with Crippen LogP contribution in [0.4, 0.5) is 0 Å². The lowest BCUT2D eigenvalue weighted by atomic mass is 10.0. The molecule has 2 rings (SSSR count). The van der Waals surface area contributed by atoms with E-state index in [4.69, 9.17) is 5.11 Å². The lowest BCUT2D eigenvalue weighted by molar-refractivity contribution is 0.244. The van der Waals surface area contributed by atoms with Gasteiger partial charge in [-0.25, -0.2) is 0 Å². The third-order valence-corrected chi connectivity index (χ3v) is 3.71. The maximum absolute atomic E-state index is 9.14. The van der Waals surface area contributed by atoms with Crippen molar-refractivity contribution in [1.29, 1.82) is 0 Å². The number of rotatable bonds is 5. The Kier molecular flexibility index (Phi) is 4.56. The fourth-order valence-electron chi connectivity index (χ4n) is 2.54. The molecule has 0 spiro atoms. The van der Waals surface area contributed by atoms with Crippen LogP contribution in [0.3, 0.4) is 0 Å². The van der Waals surface area contributed by atoms with Gasteiger partial charge in [0.05, 0.1) is 0 Å². The van der Waals surface area contributed by atoms with Crippen molar-refractivity contribution in [2.75, 3.05) is 6.61 Å². The molecule has 1 aliphatic rings. The minimum atomic E-state index is 0.260. The molecule has 2 N–H and O–H groups in total. The van der Waals surface area contributed by atoms with Crippen LogP contribution < -0.4 is 5.32 Å². The zero-order chi connectivity index (χ0) is 13.0. The summed E-state index contributed by atoms with van der Waals surface area (Å²) in [6.45, 7) is 4.58. The molecule has 0 aromatic heterocycles. The van der Waals surface area contributed by atoms with E-state index < -0.39 is 0 Å². The maximum atomic E-state index is 9.14. The van der Waals surface area contributed by atoms with E-state index in [1.54, 1.807) is 0 Å². The van der Waals surface area contributed by atoms with E-state index >= 15 is 0 Å². The van der Waals surface area contributed by atoms with Crippen molar-refractivity contribution < 1.29 is 5.11 Å². The van der Waals surface area contributed by atoms with E-state index in [1.165, 1.54) is 11.1 Å². The predicted molar refractivity (Wildman–Crippen MR) is 75.5 cm³/mol. The van der Waals surface area contributed by atoms with Gasteiger partial charge in [-0.2, -0.15) is 0 Å². The smallest absolute Gasteiger partial charge is 0.0494 e. The molecule has 0 amide bonds. The Morgan fingerprint density at radius 2 is 2.00 bits per heavy atom. The molecule has 1 aliphatic carbocycles. The summed E-state index contributed by atoms with van der Waals surface area (Å²) in [7, 11) is 0. The van der Waals surface area contributed by atoms with Crippen LogP contribution in [0.2, 0.25) is 0 Å². The van der Waals surface area contributed by atoms with Gasteiger partial charge in [-0.3, -0.25) is 0 Å². The SMILES string of the molecule is CC[C@H](N[C@@H]1C=C[C@H](CO)C1)c1ccc(C)cc1. The van der Waals surface area contributed by atoms with Crippen molar-refractivity contribution >= 4 is 0 Å². The summed E-state index contributed by atoms with van der Waals surface area (Å²) in [5.41, 5.74) is 2.65. The van der Waals surface area contributed by atoms with Crippen molar-refractivity contribution in [3.8, 4) is 0 Å². The van der Waals surface area contributed by atoms with E-state index in [0.29, 0.717) is 18.0 Å². The zero-order valence-electron chi connectivity index (χ0n) is 11.3. The lowest BCUT2D eigenvalue weighted by Crippen LogP contribution is -2.30. The molecule has 2 nitrogen and oxygen atoms in total. The highest BCUT2D eigenvalue weighted by Crippen LogP contribution is 2.23. The molecule has 0 fully saturated rings. The molecule has 18 heavy (non-hydrogen) atoms. The fourth-order valence-corrected chi connectivity index (χ4v) is 2.54. The van der Waals surface area contributed by atoms with Gasteiger partial charge in [-0.1, -0.05) is 48.9 Å². The average molecular weight is 245 g/mol. The van der Waals surface area contributed by atoms with Crippen LogP contribution in [0.15, 0.2) is 36.4 Å². The Bertz CT molecular complexity index is 396. The first kappa shape index (κ1) is 13.3. The molecular formula is C16H23NO. The summed E-state index contributed by atoms with van der Waals surface area (Å²) < 4.78 is 0. The second-order valence-corrected chi connectivity index (χ2v) is 5.21. The highest BCUT2D eigenvalue weighted by atomic mass is 16.3. The number of aliphatic hydroxyl groups is 1. The van der Waals surface area contributed by atoms with Crippen molar-refractivity contribution in [3.05, 3.63) is 47.5 Å². The van der Waals surface area contributed by atoms with E-state index in [-0.39, 0.29) is 6.61 Å². The standard InChI is InChI=1S/C16H23NO/c1-3-16(14-7-4-12(2)5-8-14)17-15-9-6-13(10-15)11-18/h4-9,13,15-18H,3,10-11H2,1-2H3/t13-,15+,16-/m0/s1. The number of hydrogen-bond acceptors (Lipinski definition) is 2. The first-order valence-corrected chi connectivity index (χ1v) is 6.84. The van der Waals surface area contributed by atoms with E-state index in [2.05, 4.69) is 55.6 Å². The number of aliphatic hydroxyl groups excluding tert-OH is 1. The normalized spacial score (nSPS) is 24.4. The van der Waals surface area contributed by atoms with Crippen molar-refractivity contribution in [1.82, 2.24) is 5.32 Å². The van der Waals surface area contributed by atoms with Gasteiger partial charge in [0.25, 0.3) is 0 Å². The Balaban J connectivity index is 1.98. The largest absolute Gasteiger partial charge is 0.396 e. The summed E-state index contributed by atoms with van der Waals surface area (Å²) in [5.74, 6) is 0.332. The molecule has 0 unspecified atom stereocenters. The molecule has 1 aromatic rings. The van der Waals surface area contributed by atoms with Crippen LogP contribution in [0.1, 0.15) is 36.9 Å². The number of benzene rings is 1. The Morgan fingerprint density at radius 3 is 2.56 bits per heavy atom. The summed E-state index contributed by atoms with van der Waals surface area (Å²) in [6, 6.07) is 9.55. The molecule has 0 aliphatic heterocycles. The van der Waals surface area contributed by atoms with Gasteiger partial charge in [0.2, 0.25) is 0 Å². The van der Waals surface area contributed by atoms with Crippen LogP contribution >= 0.6 is 0 Å². The fraction of sp³-hybridized carbons (Fsp3) is 0.500. The third kappa shape index (κ3) is 3.21. The lowest BCUT2D eigenvalue weighted by Gasteiger charge is -2.22. The van der Waals surface area contributed by atoms with Crippen LogP contribution in [-0.4, -0.2) is 17.8 Å². The minimum Gasteiger partial charge on any atom is -0.396 e. The molecule has 0 heterocycles. The monoisotopic (exact) mass is 245 g/mol. The number of aryl methyl sites for hydroxylation is 1. The maximum Gasteiger partial charge on any atom is 0.0494 e.